The fourth-order valence-corrected chi connectivity index (χ4v) is 1.70. The second kappa shape index (κ2) is 10.5. The highest BCUT2D eigenvalue weighted by molar-refractivity contribution is 9.09. The highest BCUT2D eigenvalue weighted by Crippen LogP contribution is 2.13. The highest BCUT2D eigenvalue weighted by Gasteiger charge is 1.99. The van der Waals surface area contributed by atoms with Crippen LogP contribution in [0.15, 0.2) is 0 Å². The monoisotopic (exact) mass is 250 g/mol. The van der Waals surface area contributed by atoms with Crippen LogP contribution < -0.4 is 0 Å². The molecule has 0 aromatic rings. The first-order valence-electron chi connectivity index (χ1n) is 5.48. The SMILES string of the molecule is CCCCCCCCCC(Br)OC. The zero-order valence-corrected chi connectivity index (χ0v) is 10.6. The number of unbranched alkanes of at least 4 members (excludes halogenated alkanes) is 6. The van der Waals surface area contributed by atoms with Gasteiger partial charge in [-0.3, -0.25) is 0 Å². The standard InChI is InChI=1S/C11H23BrO/c1-3-4-5-6-7-8-9-10-11(12)13-2/h11H,3-10H2,1-2H3. The molecule has 0 saturated heterocycles. The van der Waals surface area contributed by atoms with Crippen LogP contribution >= 0.6 is 15.9 Å². The van der Waals surface area contributed by atoms with Gasteiger partial charge in [0.05, 0.1) is 0 Å². The number of rotatable bonds is 9. The van der Waals surface area contributed by atoms with Crippen LogP contribution in [0.1, 0.15) is 58.3 Å². The third-order valence-corrected chi connectivity index (χ3v) is 3.12. The Balaban J connectivity index is 2.91. The molecule has 0 fully saturated rings. The summed E-state index contributed by atoms with van der Waals surface area (Å²) in [6.45, 7) is 2.26. The normalized spacial score (nSPS) is 13.2. The van der Waals surface area contributed by atoms with Gasteiger partial charge in [-0.15, -0.1) is 0 Å². The average Bonchev–Trinajstić information content (AvgIpc) is 2.16. The molecule has 0 aliphatic heterocycles. The van der Waals surface area contributed by atoms with Gasteiger partial charge in [-0.2, -0.15) is 0 Å². The third kappa shape index (κ3) is 10.4. The third-order valence-electron chi connectivity index (χ3n) is 2.29. The van der Waals surface area contributed by atoms with Crippen LogP contribution in [0.3, 0.4) is 0 Å². The van der Waals surface area contributed by atoms with E-state index in [4.69, 9.17) is 4.74 Å². The van der Waals surface area contributed by atoms with Gasteiger partial charge in [0.1, 0.15) is 5.01 Å². The number of halogens is 1. The molecule has 80 valence electrons. The summed E-state index contributed by atoms with van der Waals surface area (Å²) in [6.07, 6.45) is 10.7. The zero-order valence-electron chi connectivity index (χ0n) is 9.02. The lowest BCUT2D eigenvalue weighted by Crippen LogP contribution is -1.99. The Morgan fingerprint density at radius 3 is 2.08 bits per heavy atom. The van der Waals surface area contributed by atoms with Crippen molar-refractivity contribution in [3.8, 4) is 0 Å². The molecule has 0 amide bonds. The molecule has 0 aromatic heterocycles. The maximum absolute atomic E-state index is 5.11. The molecule has 0 aromatic carbocycles. The van der Waals surface area contributed by atoms with E-state index in [0.717, 1.165) is 6.42 Å². The fourth-order valence-electron chi connectivity index (χ4n) is 1.38. The smallest absolute Gasteiger partial charge is 0.112 e. The van der Waals surface area contributed by atoms with Gasteiger partial charge in [0.2, 0.25) is 0 Å². The van der Waals surface area contributed by atoms with Crippen LogP contribution in [0, 0.1) is 0 Å². The fraction of sp³-hybridized carbons (Fsp3) is 1.00. The molecule has 0 heterocycles. The second-order valence-corrected chi connectivity index (χ2v) is 4.58. The maximum Gasteiger partial charge on any atom is 0.112 e. The van der Waals surface area contributed by atoms with Crippen LogP contribution in [0.4, 0.5) is 0 Å². The van der Waals surface area contributed by atoms with Gasteiger partial charge in [0.15, 0.2) is 0 Å². The van der Waals surface area contributed by atoms with Crippen molar-refractivity contribution in [2.75, 3.05) is 7.11 Å². The van der Waals surface area contributed by atoms with Crippen LogP contribution in [-0.2, 0) is 4.74 Å². The minimum absolute atomic E-state index is 0.267. The molecule has 1 atom stereocenters. The zero-order chi connectivity index (χ0) is 9.94. The van der Waals surface area contributed by atoms with Gasteiger partial charge in [-0.25, -0.2) is 0 Å². The minimum Gasteiger partial charge on any atom is -0.370 e. The molecular weight excluding hydrogens is 228 g/mol. The van der Waals surface area contributed by atoms with Gasteiger partial charge in [0.25, 0.3) is 0 Å². The molecule has 0 aliphatic carbocycles. The van der Waals surface area contributed by atoms with Crippen molar-refractivity contribution in [3.63, 3.8) is 0 Å². The van der Waals surface area contributed by atoms with Gasteiger partial charge in [-0.1, -0.05) is 61.4 Å². The molecule has 0 N–H and O–H groups in total. The molecule has 0 rings (SSSR count). The Hall–Kier alpha value is 0.440. The lowest BCUT2D eigenvalue weighted by molar-refractivity contribution is 0.168. The van der Waals surface area contributed by atoms with E-state index in [9.17, 15) is 0 Å². The summed E-state index contributed by atoms with van der Waals surface area (Å²) >= 11 is 3.45. The summed E-state index contributed by atoms with van der Waals surface area (Å²) in [5, 5.41) is 0.267. The number of hydrogen-bond acceptors (Lipinski definition) is 1. The number of alkyl halides is 1. The van der Waals surface area contributed by atoms with Crippen molar-refractivity contribution in [1.29, 1.82) is 0 Å². The quantitative estimate of drug-likeness (QED) is 0.433. The Kier molecular flexibility index (Phi) is 10.9. The van der Waals surface area contributed by atoms with E-state index in [-0.39, 0.29) is 5.01 Å². The molecule has 0 saturated carbocycles. The van der Waals surface area contributed by atoms with E-state index >= 15 is 0 Å². The predicted octanol–water partition coefficient (Wildman–Crippen LogP) is 4.49. The van der Waals surface area contributed by atoms with E-state index in [1.54, 1.807) is 7.11 Å². The molecule has 1 unspecified atom stereocenters. The molecular formula is C11H23BrO. The molecule has 0 aliphatic rings. The van der Waals surface area contributed by atoms with Crippen molar-refractivity contribution in [1.82, 2.24) is 0 Å². The highest BCUT2D eigenvalue weighted by atomic mass is 79.9. The van der Waals surface area contributed by atoms with Crippen LogP contribution in [0.25, 0.3) is 0 Å². The summed E-state index contributed by atoms with van der Waals surface area (Å²) in [5.41, 5.74) is 0. The molecule has 13 heavy (non-hydrogen) atoms. The molecule has 1 nitrogen and oxygen atoms in total. The first-order valence-corrected chi connectivity index (χ1v) is 6.39. The van der Waals surface area contributed by atoms with Crippen LogP contribution in [-0.4, -0.2) is 12.1 Å². The summed E-state index contributed by atoms with van der Waals surface area (Å²) in [6, 6.07) is 0. The predicted molar refractivity (Wildman–Crippen MR) is 62.3 cm³/mol. The van der Waals surface area contributed by atoms with Gasteiger partial charge < -0.3 is 4.74 Å². The van der Waals surface area contributed by atoms with E-state index in [1.807, 2.05) is 0 Å². The minimum atomic E-state index is 0.267. The summed E-state index contributed by atoms with van der Waals surface area (Å²) < 4.78 is 5.11. The summed E-state index contributed by atoms with van der Waals surface area (Å²) in [4.78, 5) is 0. The first kappa shape index (κ1) is 13.4. The van der Waals surface area contributed by atoms with E-state index in [0.29, 0.717) is 0 Å². The first-order chi connectivity index (χ1) is 6.31. The Bertz CT molecular complexity index is 96.1. The largest absolute Gasteiger partial charge is 0.370 e. The molecule has 0 spiro atoms. The lowest BCUT2D eigenvalue weighted by atomic mass is 10.1. The number of methoxy groups -OCH3 is 1. The lowest BCUT2D eigenvalue weighted by Gasteiger charge is -2.06. The number of hydrogen-bond donors (Lipinski definition) is 0. The average molecular weight is 251 g/mol. The summed E-state index contributed by atoms with van der Waals surface area (Å²) in [5.74, 6) is 0. The van der Waals surface area contributed by atoms with Crippen molar-refractivity contribution < 1.29 is 4.74 Å². The topological polar surface area (TPSA) is 9.23 Å². The molecule has 0 bridgehead atoms. The van der Waals surface area contributed by atoms with Crippen LogP contribution in [0.2, 0.25) is 0 Å². The molecule has 2 heteroatoms. The van der Waals surface area contributed by atoms with Crippen molar-refractivity contribution in [2.24, 2.45) is 0 Å². The Morgan fingerprint density at radius 1 is 1.00 bits per heavy atom. The van der Waals surface area contributed by atoms with E-state index < -0.39 is 0 Å². The Labute approximate surface area is 91.4 Å². The van der Waals surface area contributed by atoms with Gasteiger partial charge in [-0.05, 0) is 12.8 Å². The summed E-state index contributed by atoms with van der Waals surface area (Å²) in [7, 11) is 1.75. The van der Waals surface area contributed by atoms with E-state index in [1.165, 1.54) is 44.9 Å². The Morgan fingerprint density at radius 2 is 1.54 bits per heavy atom. The maximum atomic E-state index is 5.11. The van der Waals surface area contributed by atoms with Gasteiger partial charge >= 0.3 is 0 Å². The number of ether oxygens (including phenoxy) is 1. The van der Waals surface area contributed by atoms with Gasteiger partial charge in [0, 0.05) is 7.11 Å². The van der Waals surface area contributed by atoms with Crippen molar-refractivity contribution in [2.45, 2.75) is 63.3 Å². The second-order valence-electron chi connectivity index (χ2n) is 3.56. The van der Waals surface area contributed by atoms with E-state index in [2.05, 4.69) is 22.9 Å². The van der Waals surface area contributed by atoms with Crippen molar-refractivity contribution in [3.05, 3.63) is 0 Å². The van der Waals surface area contributed by atoms with Crippen molar-refractivity contribution >= 4 is 15.9 Å². The molecule has 0 radical (unpaired) electrons. The van der Waals surface area contributed by atoms with Crippen LogP contribution in [0.5, 0.6) is 0 Å².